The summed E-state index contributed by atoms with van der Waals surface area (Å²) in [6, 6.07) is 19.5. The van der Waals surface area contributed by atoms with Crippen molar-refractivity contribution in [1.82, 2.24) is 19.8 Å². The van der Waals surface area contributed by atoms with Crippen molar-refractivity contribution in [2.45, 2.75) is 38.5 Å². The molecule has 206 valence electrons. The minimum absolute atomic E-state index is 0.158. The van der Waals surface area contributed by atoms with Crippen molar-refractivity contribution in [3.05, 3.63) is 113 Å². The Hall–Kier alpha value is -4.18. The SMILES string of the molecule is Cc1ccc(C)c(NC(=O)CCN2C(=S)N[C@@H](c3ccccn3)[C@@H]2c2cccn2-c2cccc(C(F)(F)F)c2)c1. The van der Waals surface area contributed by atoms with Crippen LogP contribution in [-0.4, -0.2) is 32.0 Å². The molecular formula is C30H28F3N5OS. The van der Waals surface area contributed by atoms with Crippen molar-refractivity contribution in [1.29, 1.82) is 0 Å². The molecule has 1 fully saturated rings. The standard InChI is InChI=1S/C30H28F3N5OS/c1-19-11-12-20(2)24(17-19)35-26(39)13-16-38-28(27(36-29(38)40)23-9-3-4-14-34-23)25-10-6-15-37(25)22-8-5-7-21(18-22)30(31,32)33/h3-12,14-15,17-18,27-28H,13,16H2,1-2H3,(H,35,39)(H,36,40)/t27-,28-/m0/s1. The van der Waals surface area contributed by atoms with Crippen LogP contribution in [0.25, 0.3) is 5.69 Å². The van der Waals surface area contributed by atoms with Crippen molar-refractivity contribution >= 4 is 28.9 Å². The van der Waals surface area contributed by atoms with Gasteiger partial charge in [0.1, 0.15) is 0 Å². The molecule has 0 unspecified atom stereocenters. The first-order valence-electron chi connectivity index (χ1n) is 12.8. The summed E-state index contributed by atoms with van der Waals surface area (Å²) in [5, 5.41) is 6.76. The van der Waals surface area contributed by atoms with Crippen LogP contribution >= 0.6 is 12.2 Å². The third-order valence-electron chi connectivity index (χ3n) is 6.98. The number of anilines is 1. The number of alkyl halides is 3. The number of benzene rings is 2. The van der Waals surface area contributed by atoms with E-state index in [0.717, 1.165) is 40.3 Å². The van der Waals surface area contributed by atoms with E-state index in [1.165, 1.54) is 6.07 Å². The first-order valence-corrected chi connectivity index (χ1v) is 13.2. The number of carbonyl (C=O) groups is 1. The number of rotatable bonds is 7. The fourth-order valence-corrected chi connectivity index (χ4v) is 5.31. The summed E-state index contributed by atoms with van der Waals surface area (Å²) < 4.78 is 42.2. The first kappa shape index (κ1) is 27.4. The molecule has 4 aromatic rings. The van der Waals surface area contributed by atoms with Gasteiger partial charge in [-0.2, -0.15) is 13.2 Å². The first-order chi connectivity index (χ1) is 19.1. The third-order valence-corrected chi connectivity index (χ3v) is 7.33. The summed E-state index contributed by atoms with van der Waals surface area (Å²) >= 11 is 5.72. The van der Waals surface area contributed by atoms with Crippen molar-refractivity contribution in [3.63, 3.8) is 0 Å². The highest BCUT2D eigenvalue weighted by Gasteiger charge is 2.41. The number of aryl methyl sites for hydroxylation is 2. The zero-order chi connectivity index (χ0) is 28.4. The topological polar surface area (TPSA) is 62.2 Å². The zero-order valence-electron chi connectivity index (χ0n) is 21.9. The number of aromatic nitrogens is 2. The molecule has 1 aliphatic rings. The number of hydrogen-bond donors (Lipinski definition) is 2. The molecule has 40 heavy (non-hydrogen) atoms. The van der Waals surface area contributed by atoms with Crippen LogP contribution in [0.15, 0.2) is 85.2 Å². The number of hydrogen-bond acceptors (Lipinski definition) is 3. The molecule has 1 amide bonds. The van der Waals surface area contributed by atoms with Gasteiger partial charge in [-0.25, -0.2) is 0 Å². The average Bonchev–Trinajstić information content (AvgIpc) is 3.54. The Kier molecular flexibility index (Phi) is 7.62. The Morgan fingerprint density at radius 3 is 2.62 bits per heavy atom. The monoisotopic (exact) mass is 563 g/mol. The smallest absolute Gasteiger partial charge is 0.352 e. The Morgan fingerprint density at radius 2 is 1.88 bits per heavy atom. The van der Waals surface area contributed by atoms with E-state index in [1.807, 2.05) is 61.2 Å². The zero-order valence-corrected chi connectivity index (χ0v) is 22.8. The number of amides is 1. The molecule has 1 saturated heterocycles. The number of pyridine rings is 1. The van der Waals surface area contributed by atoms with Crippen molar-refractivity contribution < 1.29 is 18.0 Å². The maximum atomic E-state index is 13.5. The van der Waals surface area contributed by atoms with Crippen molar-refractivity contribution in [2.24, 2.45) is 0 Å². The van der Waals surface area contributed by atoms with Gasteiger partial charge >= 0.3 is 6.18 Å². The second-order valence-corrected chi connectivity index (χ2v) is 10.2. The van der Waals surface area contributed by atoms with E-state index in [-0.39, 0.29) is 18.4 Å². The third kappa shape index (κ3) is 5.72. The lowest BCUT2D eigenvalue weighted by molar-refractivity contribution is -0.137. The van der Waals surface area contributed by atoms with E-state index in [2.05, 4.69) is 15.6 Å². The summed E-state index contributed by atoms with van der Waals surface area (Å²) in [4.78, 5) is 19.4. The lowest BCUT2D eigenvalue weighted by Gasteiger charge is -2.29. The minimum Gasteiger partial charge on any atom is -0.352 e. The predicted molar refractivity (Wildman–Crippen MR) is 152 cm³/mol. The van der Waals surface area contributed by atoms with E-state index < -0.39 is 17.8 Å². The highest BCUT2D eigenvalue weighted by atomic mass is 32.1. The molecule has 0 radical (unpaired) electrons. The maximum Gasteiger partial charge on any atom is 0.416 e. The summed E-state index contributed by atoms with van der Waals surface area (Å²) in [6.07, 6.45) is -0.896. The Labute approximate surface area is 235 Å². The summed E-state index contributed by atoms with van der Waals surface area (Å²) in [5.41, 5.74) is 3.86. The normalized spacial score (nSPS) is 17.1. The lowest BCUT2D eigenvalue weighted by atomic mass is 10.0. The largest absolute Gasteiger partial charge is 0.416 e. The fourth-order valence-electron chi connectivity index (χ4n) is 4.98. The molecule has 6 nitrogen and oxygen atoms in total. The molecule has 0 spiro atoms. The maximum absolute atomic E-state index is 13.5. The van der Waals surface area contributed by atoms with E-state index >= 15 is 0 Å². The highest BCUT2D eigenvalue weighted by Crippen LogP contribution is 2.40. The molecular weight excluding hydrogens is 535 g/mol. The van der Waals surface area contributed by atoms with E-state index in [4.69, 9.17) is 12.2 Å². The van der Waals surface area contributed by atoms with Gasteiger partial charge in [0.2, 0.25) is 5.91 Å². The predicted octanol–water partition coefficient (Wildman–Crippen LogP) is 6.51. The molecule has 5 rings (SSSR count). The van der Waals surface area contributed by atoms with E-state index in [9.17, 15) is 18.0 Å². The van der Waals surface area contributed by atoms with Crippen LogP contribution in [0.5, 0.6) is 0 Å². The van der Waals surface area contributed by atoms with Gasteiger partial charge in [-0.1, -0.05) is 24.3 Å². The Bertz CT molecular complexity index is 1540. The molecule has 1 aliphatic heterocycles. The van der Waals surface area contributed by atoms with Gasteiger partial charge in [-0.3, -0.25) is 9.78 Å². The number of thiocarbonyl (C=S) groups is 1. The van der Waals surface area contributed by atoms with Crippen LogP contribution in [-0.2, 0) is 11.0 Å². The molecule has 2 N–H and O–H groups in total. The summed E-state index contributed by atoms with van der Waals surface area (Å²) in [5.74, 6) is -0.162. The van der Waals surface area contributed by atoms with Crippen LogP contribution in [0.1, 0.15) is 46.6 Å². The van der Waals surface area contributed by atoms with Crippen LogP contribution in [0, 0.1) is 13.8 Å². The molecule has 10 heteroatoms. The van der Waals surface area contributed by atoms with Crippen LogP contribution in [0.4, 0.5) is 18.9 Å². The molecule has 0 bridgehead atoms. The van der Waals surface area contributed by atoms with Gasteiger partial charge in [-0.15, -0.1) is 0 Å². The van der Waals surface area contributed by atoms with Gasteiger partial charge in [-0.05, 0) is 85.7 Å². The Morgan fingerprint density at radius 1 is 1.05 bits per heavy atom. The average molecular weight is 564 g/mol. The molecule has 2 aromatic carbocycles. The van der Waals surface area contributed by atoms with Crippen LogP contribution in [0.3, 0.4) is 0 Å². The van der Waals surface area contributed by atoms with Gasteiger partial charge in [0.15, 0.2) is 5.11 Å². The van der Waals surface area contributed by atoms with E-state index in [0.29, 0.717) is 17.3 Å². The Balaban J connectivity index is 1.46. The number of nitrogens with zero attached hydrogens (tertiary/aromatic N) is 3. The van der Waals surface area contributed by atoms with Gasteiger partial charge < -0.3 is 20.1 Å². The second-order valence-electron chi connectivity index (χ2n) is 9.79. The molecule has 0 saturated carbocycles. The summed E-state index contributed by atoms with van der Waals surface area (Å²) in [6.45, 7) is 4.19. The number of halogens is 3. The van der Waals surface area contributed by atoms with Crippen molar-refractivity contribution in [2.75, 3.05) is 11.9 Å². The van der Waals surface area contributed by atoms with Crippen LogP contribution in [0.2, 0.25) is 0 Å². The lowest BCUT2D eigenvalue weighted by Crippen LogP contribution is -2.33. The minimum atomic E-state index is -4.47. The quantitative estimate of drug-likeness (QED) is 0.251. The second kappa shape index (κ2) is 11.1. The van der Waals surface area contributed by atoms with Gasteiger partial charge in [0, 0.05) is 42.4 Å². The number of nitrogens with one attached hydrogen (secondary N) is 2. The fraction of sp³-hybridized carbons (Fsp3) is 0.233. The molecule has 2 aromatic heterocycles. The molecule has 3 heterocycles. The molecule has 0 aliphatic carbocycles. The van der Waals surface area contributed by atoms with Gasteiger partial charge in [0.05, 0.1) is 23.3 Å². The number of carbonyl (C=O) groups excluding carboxylic acids is 1. The van der Waals surface area contributed by atoms with Crippen molar-refractivity contribution in [3.8, 4) is 5.69 Å². The molecule has 2 atom stereocenters. The highest BCUT2D eigenvalue weighted by molar-refractivity contribution is 7.80. The summed E-state index contributed by atoms with van der Waals surface area (Å²) in [7, 11) is 0. The van der Waals surface area contributed by atoms with Crippen LogP contribution < -0.4 is 10.6 Å². The van der Waals surface area contributed by atoms with E-state index in [1.54, 1.807) is 29.1 Å². The van der Waals surface area contributed by atoms with Gasteiger partial charge in [0.25, 0.3) is 0 Å².